The fraction of sp³-hybridized carbons (Fsp3) is 0.250. The minimum atomic E-state index is -2.78. The molecule has 4 N–H and O–H groups in total. The highest BCUT2D eigenvalue weighted by molar-refractivity contribution is 6.08. The zero-order valence-electron chi connectivity index (χ0n) is 25.3. The van der Waals surface area contributed by atoms with E-state index in [4.69, 9.17) is 8.85 Å². The Morgan fingerprint density at radius 3 is 2.54 bits per heavy atom. The predicted octanol–water partition coefficient (Wildman–Crippen LogP) is 3.47. The number of hydrogen-bond acceptors (Lipinski definition) is 9. The van der Waals surface area contributed by atoms with Gasteiger partial charge < -0.3 is 26.0 Å². The van der Waals surface area contributed by atoms with Crippen molar-refractivity contribution in [1.29, 1.82) is 0 Å². The van der Waals surface area contributed by atoms with Gasteiger partial charge in [0.15, 0.2) is 23.1 Å². The van der Waals surface area contributed by atoms with E-state index in [2.05, 4.69) is 36.2 Å². The fourth-order valence-electron chi connectivity index (χ4n) is 4.01. The van der Waals surface area contributed by atoms with E-state index in [1.807, 2.05) is 12.2 Å². The van der Waals surface area contributed by atoms with Gasteiger partial charge in [-0.2, -0.15) is 5.10 Å². The number of nitrogens with one attached hydrogen (secondary N) is 4. The van der Waals surface area contributed by atoms with E-state index in [0.29, 0.717) is 18.1 Å². The lowest BCUT2D eigenvalue weighted by atomic mass is 10.1. The van der Waals surface area contributed by atoms with E-state index in [1.54, 1.807) is 53.5 Å². The molecule has 2 aromatic heterocycles. The molecule has 1 fully saturated rings. The summed E-state index contributed by atoms with van der Waals surface area (Å²) in [5.74, 6) is -1.08. The molecule has 4 aromatic rings. The first-order valence-electron chi connectivity index (χ1n) is 14.3. The largest absolute Gasteiger partial charge is 0.494 e. The average molecular weight is 559 g/mol. The summed E-state index contributed by atoms with van der Waals surface area (Å²) in [4.78, 5) is 42.7. The first-order chi connectivity index (χ1) is 21.0. The summed E-state index contributed by atoms with van der Waals surface area (Å²) in [7, 11) is 1.38. The van der Waals surface area contributed by atoms with Gasteiger partial charge in [-0.3, -0.25) is 19.1 Å². The number of benzene rings is 2. The molecule has 5 rings (SSSR count). The molecule has 0 spiro atoms. The average Bonchev–Trinajstić information content (AvgIpc) is 3.73. The van der Waals surface area contributed by atoms with Crippen molar-refractivity contribution in [2.45, 2.75) is 26.3 Å². The van der Waals surface area contributed by atoms with Crippen LogP contribution < -0.4 is 26.0 Å². The number of anilines is 4. The molecule has 2 aromatic carbocycles. The zero-order valence-corrected chi connectivity index (χ0v) is 22.3. The fourth-order valence-corrected chi connectivity index (χ4v) is 4.01. The van der Waals surface area contributed by atoms with Gasteiger partial charge >= 0.3 is 0 Å². The summed E-state index contributed by atoms with van der Waals surface area (Å²) in [5.41, 5.74) is 1.42. The van der Waals surface area contributed by atoms with Crippen LogP contribution in [-0.4, -0.2) is 56.8 Å². The molecule has 1 saturated carbocycles. The number of carbonyl (C=O) groups is 3. The number of amides is 3. The Balaban J connectivity index is 1.40. The molecule has 0 saturated heterocycles. The van der Waals surface area contributed by atoms with Crippen molar-refractivity contribution in [1.82, 2.24) is 30.3 Å². The molecule has 0 bridgehead atoms. The molecule has 0 unspecified atom stereocenters. The van der Waals surface area contributed by atoms with E-state index in [9.17, 15) is 14.4 Å². The number of ether oxygens (including phenoxy) is 1. The van der Waals surface area contributed by atoms with Gasteiger partial charge in [0.05, 0.1) is 24.0 Å². The Morgan fingerprint density at radius 2 is 1.85 bits per heavy atom. The third-order valence-electron chi connectivity index (χ3n) is 6.32. The van der Waals surface area contributed by atoms with E-state index in [1.165, 1.54) is 13.2 Å². The van der Waals surface area contributed by atoms with Crippen LogP contribution in [0.3, 0.4) is 0 Å². The Morgan fingerprint density at radius 1 is 1.05 bits per heavy atom. The number of methoxy groups -OCH3 is 1. The third-order valence-corrected chi connectivity index (χ3v) is 6.32. The number of aromatic nitrogens is 5. The molecule has 13 heteroatoms. The number of aryl methyl sites for hydroxylation is 1. The lowest BCUT2D eigenvalue weighted by Gasteiger charge is -2.17. The van der Waals surface area contributed by atoms with Gasteiger partial charge in [-0.15, -0.1) is 10.2 Å². The maximum atomic E-state index is 13.3. The SMILES string of the molecule is [2H]C([2H])([2H])NC(=O)c1nnc(NC(=O)C2CC2)cc1Nc1cccc(C(=O)Nc2ccc(-c3ncn(CC)n3)cc2)c1OC. The lowest BCUT2D eigenvalue weighted by Crippen LogP contribution is -2.22. The van der Waals surface area contributed by atoms with Gasteiger partial charge in [0.2, 0.25) is 5.91 Å². The van der Waals surface area contributed by atoms with Crippen molar-refractivity contribution in [3.8, 4) is 17.1 Å². The van der Waals surface area contributed by atoms with Gasteiger partial charge in [-0.05, 0) is 56.2 Å². The van der Waals surface area contributed by atoms with Gasteiger partial charge in [0.1, 0.15) is 6.33 Å². The van der Waals surface area contributed by atoms with Crippen molar-refractivity contribution in [3.63, 3.8) is 0 Å². The van der Waals surface area contributed by atoms with E-state index < -0.39 is 18.8 Å². The number of para-hydroxylation sites is 1. The summed E-state index contributed by atoms with van der Waals surface area (Å²) >= 11 is 0. The Bertz CT molecular complexity index is 1700. The summed E-state index contributed by atoms with van der Waals surface area (Å²) in [6.07, 6.45) is 3.18. The van der Waals surface area contributed by atoms with Gasteiger partial charge in [0, 0.05) is 40.9 Å². The van der Waals surface area contributed by atoms with Crippen LogP contribution in [0.4, 0.5) is 22.9 Å². The molecule has 1 aliphatic carbocycles. The van der Waals surface area contributed by atoms with Gasteiger partial charge in [0.25, 0.3) is 11.8 Å². The van der Waals surface area contributed by atoms with E-state index in [-0.39, 0.29) is 46.0 Å². The Hall–Kier alpha value is -5.33. The number of carbonyl (C=O) groups excluding carboxylic acids is 3. The van der Waals surface area contributed by atoms with Gasteiger partial charge in [-0.25, -0.2) is 4.98 Å². The third kappa shape index (κ3) is 6.13. The molecule has 0 atom stereocenters. The molecule has 0 radical (unpaired) electrons. The molecule has 0 aliphatic heterocycles. The lowest BCUT2D eigenvalue weighted by molar-refractivity contribution is -0.117. The first-order valence-corrected chi connectivity index (χ1v) is 12.8. The van der Waals surface area contributed by atoms with Crippen LogP contribution in [0.2, 0.25) is 0 Å². The molecule has 2 heterocycles. The van der Waals surface area contributed by atoms with Crippen LogP contribution in [0.15, 0.2) is 54.9 Å². The molecule has 210 valence electrons. The molecule has 3 amide bonds. The van der Waals surface area contributed by atoms with Crippen LogP contribution in [-0.2, 0) is 11.3 Å². The maximum Gasteiger partial charge on any atom is 0.273 e. The van der Waals surface area contributed by atoms with Crippen molar-refractivity contribution in [2.24, 2.45) is 5.92 Å². The topological polar surface area (TPSA) is 165 Å². The predicted molar refractivity (Wildman–Crippen MR) is 152 cm³/mol. The molecular weight excluding hydrogens is 526 g/mol. The Labute approximate surface area is 239 Å². The second-order valence-corrected chi connectivity index (χ2v) is 9.18. The highest BCUT2D eigenvalue weighted by Crippen LogP contribution is 2.34. The van der Waals surface area contributed by atoms with Crippen molar-refractivity contribution in [2.75, 3.05) is 30.0 Å². The smallest absolute Gasteiger partial charge is 0.273 e. The monoisotopic (exact) mass is 558 g/mol. The molecule has 1 aliphatic rings. The molecule has 41 heavy (non-hydrogen) atoms. The van der Waals surface area contributed by atoms with Crippen LogP contribution in [0.1, 0.15) is 44.7 Å². The van der Waals surface area contributed by atoms with Crippen LogP contribution in [0.5, 0.6) is 5.75 Å². The number of rotatable bonds is 10. The number of nitrogens with zero attached hydrogens (tertiary/aromatic N) is 5. The second kappa shape index (κ2) is 11.8. The van der Waals surface area contributed by atoms with Gasteiger partial charge in [-0.1, -0.05) is 6.07 Å². The second-order valence-electron chi connectivity index (χ2n) is 9.18. The zero-order chi connectivity index (χ0) is 31.4. The minimum absolute atomic E-state index is 0.0263. The van der Waals surface area contributed by atoms with Crippen molar-refractivity contribution >= 4 is 40.6 Å². The maximum absolute atomic E-state index is 13.3. The first kappa shape index (κ1) is 23.5. The highest BCUT2D eigenvalue weighted by atomic mass is 16.5. The molecule has 13 nitrogen and oxygen atoms in total. The molecular formula is C28H29N9O4. The summed E-state index contributed by atoms with van der Waals surface area (Å²) in [6.45, 7) is -0.119. The summed E-state index contributed by atoms with van der Waals surface area (Å²) < 4.78 is 29.5. The summed E-state index contributed by atoms with van der Waals surface area (Å²) in [6, 6.07) is 13.2. The van der Waals surface area contributed by atoms with Crippen molar-refractivity contribution in [3.05, 3.63) is 66.1 Å². The van der Waals surface area contributed by atoms with Crippen LogP contribution in [0.25, 0.3) is 11.4 Å². The Kier molecular flexibility index (Phi) is 6.79. The minimum Gasteiger partial charge on any atom is -0.494 e. The number of hydrogen-bond donors (Lipinski definition) is 4. The van der Waals surface area contributed by atoms with Crippen LogP contribution >= 0.6 is 0 Å². The summed E-state index contributed by atoms with van der Waals surface area (Å²) in [5, 5.41) is 22.5. The normalized spacial score (nSPS) is 13.8. The highest BCUT2D eigenvalue weighted by Gasteiger charge is 2.30. The quantitative estimate of drug-likeness (QED) is 0.228. The van der Waals surface area contributed by atoms with Crippen LogP contribution in [0, 0.1) is 5.92 Å². The standard InChI is InChI=1S/C28H29N9O4/c1-4-37-15-30-25(36-37)16-10-12-18(13-11-16)31-27(39)19-6-5-7-20(24(19)41-3)32-21-14-22(33-26(38)17-8-9-17)34-35-23(21)28(40)29-2/h5-7,10-15,17H,4,8-9H2,1-3H3,(H,29,40)(H,31,39)(H2,32,33,34,38)/i2D3. The van der Waals surface area contributed by atoms with E-state index in [0.717, 1.165) is 18.4 Å². The van der Waals surface area contributed by atoms with Crippen molar-refractivity contribution < 1.29 is 23.2 Å². The van der Waals surface area contributed by atoms with E-state index >= 15 is 0 Å².